The lowest BCUT2D eigenvalue weighted by molar-refractivity contribution is -0.130. The van der Waals surface area contributed by atoms with E-state index in [0.717, 1.165) is 17.1 Å². The number of amides is 2. The van der Waals surface area contributed by atoms with Crippen molar-refractivity contribution in [2.24, 2.45) is 0 Å². The van der Waals surface area contributed by atoms with Crippen LogP contribution in [0.2, 0.25) is 0 Å². The lowest BCUT2D eigenvalue weighted by atomic mass is 10.1. The van der Waals surface area contributed by atoms with Gasteiger partial charge in [0.05, 0.1) is 20.1 Å². The van der Waals surface area contributed by atoms with Gasteiger partial charge in [0.1, 0.15) is 11.6 Å². The Bertz CT molecular complexity index is 1050. The topological polar surface area (TPSA) is 102 Å². The molecule has 1 aliphatic heterocycles. The molecule has 9 heteroatoms. The molecule has 0 saturated heterocycles. The van der Waals surface area contributed by atoms with E-state index in [-0.39, 0.29) is 18.4 Å². The van der Waals surface area contributed by atoms with Gasteiger partial charge in [-0.1, -0.05) is 12.1 Å². The summed E-state index contributed by atoms with van der Waals surface area (Å²) in [5.74, 6) is 2.17. The van der Waals surface area contributed by atoms with Crippen molar-refractivity contribution in [1.29, 1.82) is 0 Å². The number of hydrogen-bond acceptors (Lipinski definition) is 6. The predicted octanol–water partition coefficient (Wildman–Crippen LogP) is 1.24. The molecular formula is C22H24N6O3. The molecular weight excluding hydrogens is 396 g/mol. The molecule has 1 N–H and O–H groups in total. The van der Waals surface area contributed by atoms with Crippen molar-refractivity contribution >= 4 is 11.8 Å². The van der Waals surface area contributed by atoms with E-state index >= 15 is 0 Å². The van der Waals surface area contributed by atoms with E-state index in [1.165, 1.54) is 0 Å². The Labute approximate surface area is 180 Å². The van der Waals surface area contributed by atoms with Crippen LogP contribution in [0.3, 0.4) is 0 Å². The van der Waals surface area contributed by atoms with Crippen LogP contribution in [0.1, 0.15) is 27.6 Å². The molecule has 4 rings (SSSR count). The van der Waals surface area contributed by atoms with Crippen LogP contribution >= 0.6 is 0 Å². The van der Waals surface area contributed by atoms with Crippen molar-refractivity contribution in [2.75, 3.05) is 20.2 Å². The predicted molar refractivity (Wildman–Crippen MR) is 112 cm³/mol. The fraction of sp³-hybridized carbons (Fsp3) is 0.318. The van der Waals surface area contributed by atoms with Gasteiger partial charge in [-0.15, -0.1) is 10.2 Å². The summed E-state index contributed by atoms with van der Waals surface area (Å²) in [4.78, 5) is 30.8. The highest BCUT2D eigenvalue weighted by Crippen LogP contribution is 2.14. The molecule has 31 heavy (non-hydrogen) atoms. The van der Waals surface area contributed by atoms with Gasteiger partial charge in [0.25, 0.3) is 5.91 Å². The summed E-state index contributed by atoms with van der Waals surface area (Å²) in [6.07, 6.45) is 4.13. The summed E-state index contributed by atoms with van der Waals surface area (Å²) in [5, 5.41) is 11.4. The van der Waals surface area contributed by atoms with E-state index in [9.17, 15) is 9.59 Å². The second-order valence-corrected chi connectivity index (χ2v) is 7.26. The quantitative estimate of drug-likeness (QED) is 0.644. The summed E-state index contributed by atoms with van der Waals surface area (Å²) in [6, 6.07) is 10.9. The minimum absolute atomic E-state index is 0.0800. The molecule has 0 aliphatic carbocycles. The van der Waals surface area contributed by atoms with E-state index < -0.39 is 0 Å². The molecule has 1 aliphatic rings. The Morgan fingerprint density at radius 2 is 1.81 bits per heavy atom. The molecule has 1 aromatic carbocycles. The third kappa shape index (κ3) is 4.88. The Hall–Kier alpha value is -3.75. The molecule has 2 aromatic heterocycles. The third-order valence-corrected chi connectivity index (χ3v) is 5.32. The molecule has 0 fully saturated rings. The van der Waals surface area contributed by atoms with Gasteiger partial charge in [0, 0.05) is 44.0 Å². The number of benzene rings is 1. The molecule has 160 valence electrons. The van der Waals surface area contributed by atoms with Crippen molar-refractivity contribution in [1.82, 2.24) is 30.0 Å². The Balaban J connectivity index is 1.35. The van der Waals surface area contributed by atoms with Crippen LogP contribution in [0, 0.1) is 0 Å². The maximum Gasteiger partial charge on any atom is 0.251 e. The second-order valence-electron chi connectivity index (χ2n) is 7.26. The third-order valence-electron chi connectivity index (χ3n) is 5.32. The Morgan fingerprint density at radius 1 is 1.03 bits per heavy atom. The Kier molecular flexibility index (Phi) is 6.21. The number of pyridine rings is 1. The molecule has 2 amide bonds. The zero-order valence-electron chi connectivity index (χ0n) is 17.3. The van der Waals surface area contributed by atoms with Crippen LogP contribution in [-0.4, -0.2) is 56.7 Å². The Morgan fingerprint density at radius 3 is 2.55 bits per heavy atom. The van der Waals surface area contributed by atoms with E-state index in [2.05, 4.69) is 20.5 Å². The lowest BCUT2D eigenvalue weighted by Gasteiger charge is -2.20. The molecule has 3 heterocycles. The van der Waals surface area contributed by atoms with Gasteiger partial charge in [0.15, 0.2) is 5.82 Å². The zero-order chi connectivity index (χ0) is 21.6. The minimum Gasteiger partial charge on any atom is -0.497 e. The number of methoxy groups -OCH3 is 1. The van der Waals surface area contributed by atoms with E-state index in [1.54, 1.807) is 31.6 Å². The van der Waals surface area contributed by atoms with Gasteiger partial charge in [0.2, 0.25) is 5.91 Å². The number of nitrogens with zero attached hydrogens (tertiary/aromatic N) is 5. The van der Waals surface area contributed by atoms with Crippen molar-refractivity contribution in [3.8, 4) is 5.75 Å². The zero-order valence-corrected chi connectivity index (χ0v) is 17.3. The summed E-state index contributed by atoms with van der Waals surface area (Å²) in [6.45, 7) is 2.03. The molecule has 0 bridgehead atoms. The number of hydrogen-bond donors (Lipinski definition) is 1. The van der Waals surface area contributed by atoms with Crippen LogP contribution in [0.5, 0.6) is 5.75 Å². The number of fused-ring (bicyclic) bond motifs is 1. The lowest BCUT2D eigenvalue weighted by Crippen LogP contribution is -2.35. The molecule has 0 unspecified atom stereocenters. The highest BCUT2D eigenvalue weighted by Gasteiger charge is 2.22. The van der Waals surface area contributed by atoms with Gasteiger partial charge in [-0.3, -0.25) is 14.6 Å². The van der Waals surface area contributed by atoms with Gasteiger partial charge in [-0.05, 0) is 29.8 Å². The van der Waals surface area contributed by atoms with E-state index in [0.29, 0.717) is 43.9 Å². The first-order valence-corrected chi connectivity index (χ1v) is 10.1. The molecule has 0 saturated carbocycles. The first-order valence-electron chi connectivity index (χ1n) is 10.1. The van der Waals surface area contributed by atoms with Crippen molar-refractivity contribution < 1.29 is 14.3 Å². The molecule has 0 atom stereocenters. The number of carbonyl (C=O) groups is 2. The van der Waals surface area contributed by atoms with Gasteiger partial charge in [-0.25, -0.2) is 0 Å². The largest absolute Gasteiger partial charge is 0.497 e. The van der Waals surface area contributed by atoms with Crippen LogP contribution in [0.15, 0.2) is 48.8 Å². The average Bonchev–Trinajstić information content (AvgIpc) is 3.07. The first kappa shape index (κ1) is 20.5. The molecule has 9 nitrogen and oxygen atoms in total. The van der Waals surface area contributed by atoms with Gasteiger partial charge in [-0.2, -0.15) is 0 Å². The van der Waals surface area contributed by atoms with Crippen LogP contribution in [0.25, 0.3) is 0 Å². The van der Waals surface area contributed by atoms with E-state index in [4.69, 9.17) is 4.74 Å². The summed E-state index contributed by atoms with van der Waals surface area (Å²) < 4.78 is 7.16. The van der Waals surface area contributed by atoms with Crippen molar-refractivity contribution in [3.05, 3.63) is 71.6 Å². The minimum atomic E-state index is -0.190. The normalized spacial score (nSPS) is 13.3. The second kappa shape index (κ2) is 9.38. The molecule has 0 spiro atoms. The monoisotopic (exact) mass is 420 g/mol. The van der Waals surface area contributed by atoms with Gasteiger partial charge >= 0.3 is 0 Å². The first-order chi connectivity index (χ1) is 15.1. The fourth-order valence-electron chi connectivity index (χ4n) is 3.56. The van der Waals surface area contributed by atoms with Crippen molar-refractivity contribution in [2.45, 2.75) is 25.9 Å². The van der Waals surface area contributed by atoms with E-state index in [1.807, 2.05) is 33.7 Å². The number of aromatic nitrogens is 4. The summed E-state index contributed by atoms with van der Waals surface area (Å²) in [5.41, 5.74) is 1.50. The molecule has 0 radical (unpaired) electrons. The highest BCUT2D eigenvalue weighted by molar-refractivity contribution is 5.93. The number of nitrogens with one attached hydrogen (secondary N) is 1. The number of carbonyl (C=O) groups excluding carboxylic acids is 2. The van der Waals surface area contributed by atoms with Crippen molar-refractivity contribution in [3.63, 3.8) is 0 Å². The highest BCUT2D eigenvalue weighted by atomic mass is 16.5. The molecule has 3 aromatic rings. The number of rotatable bonds is 6. The van der Waals surface area contributed by atoms with Crippen LogP contribution < -0.4 is 10.1 Å². The number of ether oxygens (including phenoxy) is 1. The maximum atomic E-state index is 12.8. The standard InChI is InChI=1S/C22H24N6O3/c1-31-18-4-2-16(3-5-18)14-21(29)27-11-8-19-25-26-20(28(19)13-12-27)15-24-22(30)17-6-9-23-10-7-17/h2-7,9-10H,8,11-15H2,1H3,(H,24,30). The average molecular weight is 420 g/mol. The van der Waals surface area contributed by atoms with Crippen LogP contribution in [-0.2, 0) is 30.7 Å². The van der Waals surface area contributed by atoms with Gasteiger partial charge < -0.3 is 19.5 Å². The summed E-state index contributed by atoms with van der Waals surface area (Å²) in [7, 11) is 1.62. The smallest absolute Gasteiger partial charge is 0.251 e. The maximum absolute atomic E-state index is 12.8. The SMILES string of the molecule is COc1ccc(CC(=O)N2CCc3nnc(CNC(=O)c4ccncc4)n3CC2)cc1. The fourth-order valence-corrected chi connectivity index (χ4v) is 3.56. The van der Waals surface area contributed by atoms with Crippen LogP contribution in [0.4, 0.5) is 0 Å². The summed E-state index contributed by atoms with van der Waals surface area (Å²) >= 11 is 0.